The van der Waals surface area contributed by atoms with Crippen LogP contribution in [0.5, 0.6) is 0 Å². The van der Waals surface area contributed by atoms with E-state index in [1.54, 1.807) is 27.7 Å². The van der Waals surface area contributed by atoms with Crippen molar-refractivity contribution in [1.82, 2.24) is 0 Å². The minimum atomic E-state index is -0.843. The zero-order chi connectivity index (χ0) is 14.6. The molecule has 0 heterocycles. The van der Waals surface area contributed by atoms with E-state index in [0.29, 0.717) is 11.1 Å². The van der Waals surface area contributed by atoms with Gasteiger partial charge in [0.05, 0.1) is 6.61 Å². The third-order valence-electron chi connectivity index (χ3n) is 2.94. The number of carbonyl (C=O) groups excluding carboxylic acids is 2. The van der Waals surface area contributed by atoms with Crippen molar-refractivity contribution in [1.29, 1.82) is 0 Å². The van der Waals surface area contributed by atoms with Crippen LogP contribution in [0.1, 0.15) is 36.7 Å². The molecule has 0 radical (unpaired) electrons. The molecule has 0 aliphatic heterocycles. The van der Waals surface area contributed by atoms with Crippen molar-refractivity contribution in [3.63, 3.8) is 0 Å². The fraction of sp³-hybridized carbons (Fsp3) is 0.467. The molecule has 0 bridgehead atoms. The van der Waals surface area contributed by atoms with E-state index in [9.17, 15) is 14.0 Å². The van der Waals surface area contributed by atoms with Gasteiger partial charge >= 0.3 is 5.97 Å². The van der Waals surface area contributed by atoms with Crippen LogP contribution < -0.4 is 0 Å². The second-order valence-corrected chi connectivity index (χ2v) is 4.80. The summed E-state index contributed by atoms with van der Waals surface area (Å²) < 4.78 is 18.0. The summed E-state index contributed by atoms with van der Waals surface area (Å²) in [5.41, 5.74) is 0.896. The lowest BCUT2D eigenvalue weighted by molar-refractivity contribution is -0.147. The summed E-state index contributed by atoms with van der Waals surface area (Å²) in [7, 11) is 0. The minimum absolute atomic E-state index is 0.170. The van der Waals surface area contributed by atoms with E-state index in [4.69, 9.17) is 4.74 Å². The lowest BCUT2D eigenvalue weighted by Crippen LogP contribution is -2.31. The first-order valence-electron chi connectivity index (χ1n) is 6.35. The average Bonchev–Trinajstić information content (AvgIpc) is 2.28. The normalized spacial score (nSPS) is 12.3. The van der Waals surface area contributed by atoms with Crippen LogP contribution in [0.4, 0.5) is 4.39 Å². The van der Waals surface area contributed by atoms with Crippen LogP contribution in [-0.2, 0) is 9.53 Å². The van der Waals surface area contributed by atoms with E-state index >= 15 is 0 Å². The average molecular weight is 266 g/mol. The van der Waals surface area contributed by atoms with Crippen molar-refractivity contribution in [2.75, 3.05) is 6.61 Å². The topological polar surface area (TPSA) is 43.4 Å². The minimum Gasteiger partial charge on any atom is -0.465 e. The van der Waals surface area contributed by atoms with Gasteiger partial charge < -0.3 is 4.74 Å². The molecule has 1 rings (SSSR count). The molecule has 0 saturated heterocycles. The molecule has 0 fully saturated rings. The largest absolute Gasteiger partial charge is 0.465 e. The highest BCUT2D eigenvalue weighted by molar-refractivity contribution is 6.09. The Balaban J connectivity index is 3.09. The predicted molar refractivity (Wildman–Crippen MR) is 70.4 cm³/mol. The Morgan fingerprint density at radius 1 is 1.32 bits per heavy atom. The molecule has 19 heavy (non-hydrogen) atoms. The summed E-state index contributed by atoms with van der Waals surface area (Å²) in [6.07, 6.45) is 0. The second kappa shape index (κ2) is 6.45. The van der Waals surface area contributed by atoms with Gasteiger partial charge in [0.1, 0.15) is 11.7 Å². The van der Waals surface area contributed by atoms with Crippen molar-refractivity contribution in [3.8, 4) is 0 Å². The number of Topliss-reactive ketones (excluding diaryl/α,β-unsaturated/α-hetero) is 1. The van der Waals surface area contributed by atoms with E-state index in [-0.39, 0.29) is 18.3 Å². The molecule has 0 saturated carbocycles. The fourth-order valence-corrected chi connectivity index (χ4v) is 1.99. The van der Waals surface area contributed by atoms with Gasteiger partial charge in [-0.05, 0) is 43.5 Å². The zero-order valence-corrected chi connectivity index (χ0v) is 11.7. The summed E-state index contributed by atoms with van der Waals surface area (Å²) in [4.78, 5) is 24.3. The van der Waals surface area contributed by atoms with Gasteiger partial charge in [0.2, 0.25) is 0 Å². The van der Waals surface area contributed by atoms with Crippen molar-refractivity contribution >= 4 is 11.8 Å². The maximum atomic E-state index is 13.0. The van der Waals surface area contributed by atoms with Gasteiger partial charge in [-0.15, -0.1) is 0 Å². The Bertz CT molecular complexity index is 480. The van der Waals surface area contributed by atoms with Gasteiger partial charge in [-0.3, -0.25) is 9.59 Å². The maximum absolute atomic E-state index is 13.0. The van der Waals surface area contributed by atoms with Gasteiger partial charge in [0.25, 0.3) is 0 Å². The van der Waals surface area contributed by atoms with Crippen molar-refractivity contribution < 1.29 is 18.7 Å². The molecule has 0 amide bonds. The first kappa shape index (κ1) is 15.3. The van der Waals surface area contributed by atoms with Gasteiger partial charge in [-0.25, -0.2) is 4.39 Å². The molecule has 104 valence electrons. The fourth-order valence-electron chi connectivity index (χ4n) is 1.99. The highest BCUT2D eigenvalue weighted by Gasteiger charge is 2.32. The number of benzene rings is 1. The highest BCUT2D eigenvalue weighted by atomic mass is 19.1. The number of hydrogen-bond acceptors (Lipinski definition) is 3. The standard InChI is InChI=1S/C15H19FO3/c1-5-19-15(18)13(9(2)3)14(17)12-7-6-11(16)8-10(12)4/h6-9,13H,5H2,1-4H3. The number of aryl methyl sites for hydroxylation is 1. The van der Waals surface area contributed by atoms with E-state index in [1.807, 2.05) is 0 Å². The molecular weight excluding hydrogens is 247 g/mol. The van der Waals surface area contributed by atoms with E-state index < -0.39 is 17.7 Å². The summed E-state index contributed by atoms with van der Waals surface area (Å²) >= 11 is 0. The van der Waals surface area contributed by atoms with Crippen LogP contribution in [0.3, 0.4) is 0 Å². The van der Waals surface area contributed by atoms with Crippen LogP contribution in [0.15, 0.2) is 18.2 Å². The third kappa shape index (κ3) is 3.63. The first-order chi connectivity index (χ1) is 8.88. The van der Waals surface area contributed by atoms with Gasteiger partial charge in [0, 0.05) is 5.56 Å². The van der Waals surface area contributed by atoms with Gasteiger partial charge in [-0.2, -0.15) is 0 Å². The quantitative estimate of drug-likeness (QED) is 0.467. The molecule has 1 atom stereocenters. The van der Waals surface area contributed by atoms with Crippen molar-refractivity contribution in [3.05, 3.63) is 35.1 Å². The number of esters is 1. The lowest BCUT2D eigenvalue weighted by atomic mass is 9.86. The summed E-state index contributed by atoms with van der Waals surface area (Å²) in [6.45, 7) is 7.16. The van der Waals surface area contributed by atoms with Crippen molar-refractivity contribution in [2.45, 2.75) is 27.7 Å². The Morgan fingerprint density at radius 2 is 1.95 bits per heavy atom. The molecule has 3 nitrogen and oxygen atoms in total. The number of ether oxygens (including phenoxy) is 1. The third-order valence-corrected chi connectivity index (χ3v) is 2.94. The van der Waals surface area contributed by atoms with Crippen LogP contribution in [0.2, 0.25) is 0 Å². The smallest absolute Gasteiger partial charge is 0.317 e. The van der Waals surface area contributed by atoms with Crippen molar-refractivity contribution in [2.24, 2.45) is 11.8 Å². The number of ketones is 1. The predicted octanol–water partition coefficient (Wildman–Crippen LogP) is 3.15. The molecule has 0 aliphatic rings. The summed E-state index contributed by atoms with van der Waals surface area (Å²) in [5, 5.41) is 0. The maximum Gasteiger partial charge on any atom is 0.317 e. The lowest BCUT2D eigenvalue weighted by Gasteiger charge is -2.18. The molecule has 0 N–H and O–H groups in total. The Labute approximate surface area is 112 Å². The van der Waals surface area contributed by atoms with Gasteiger partial charge in [-0.1, -0.05) is 13.8 Å². The number of carbonyl (C=O) groups is 2. The number of rotatable bonds is 5. The Kier molecular flexibility index (Phi) is 5.21. The molecular formula is C15H19FO3. The van der Waals surface area contributed by atoms with Crippen LogP contribution >= 0.6 is 0 Å². The summed E-state index contributed by atoms with van der Waals surface area (Å²) in [6, 6.07) is 3.93. The highest BCUT2D eigenvalue weighted by Crippen LogP contribution is 2.22. The molecule has 4 heteroatoms. The summed E-state index contributed by atoms with van der Waals surface area (Å²) in [5.74, 6) is -2.25. The molecule has 1 unspecified atom stereocenters. The van der Waals surface area contributed by atoms with E-state index in [1.165, 1.54) is 18.2 Å². The molecule has 0 aromatic heterocycles. The first-order valence-corrected chi connectivity index (χ1v) is 6.35. The number of halogens is 1. The monoisotopic (exact) mass is 266 g/mol. The number of hydrogen-bond donors (Lipinski definition) is 0. The van der Waals surface area contributed by atoms with Crippen LogP contribution in [0.25, 0.3) is 0 Å². The van der Waals surface area contributed by atoms with E-state index in [0.717, 1.165) is 0 Å². The van der Waals surface area contributed by atoms with Crippen LogP contribution in [-0.4, -0.2) is 18.4 Å². The zero-order valence-electron chi connectivity index (χ0n) is 11.7. The molecule has 1 aromatic rings. The Morgan fingerprint density at radius 3 is 2.42 bits per heavy atom. The SMILES string of the molecule is CCOC(=O)C(C(=O)c1ccc(F)cc1C)C(C)C. The molecule has 1 aromatic carbocycles. The molecule has 0 aliphatic carbocycles. The second-order valence-electron chi connectivity index (χ2n) is 4.80. The van der Waals surface area contributed by atoms with E-state index in [2.05, 4.69) is 0 Å². The van der Waals surface area contributed by atoms with Crippen LogP contribution in [0, 0.1) is 24.6 Å². The Hall–Kier alpha value is -1.71. The van der Waals surface area contributed by atoms with Gasteiger partial charge in [0.15, 0.2) is 5.78 Å². The molecule has 0 spiro atoms.